The van der Waals surface area contributed by atoms with Crippen molar-refractivity contribution in [1.29, 1.82) is 0 Å². The summed E-state index contributed by atoms with van der Waals surface area (Å²) in [5.41, 5.74) is 2.22. The lowest BCUT2D eigenvalue weighted by molar-refractivity contribution is -0.141. The normalized spacial score (nSPS) is 20.4. The fourth-order valence-electron chi connectivity index (χ4n) is 5.84. The second kappa shape index (κ2) is 9.65. The van der Waals surface area contributed by atoms with Gasteiger partial charge in [-0.3, -0.25) is 9.69 Å². The van der Waals surface area contributed by atoms with E-state index in [1.54, 1.807) is 18.3 Å². The van der Waals surface area contributed by atoms with Gasteiger partial charge in [-0.15, -0.1) is 0 Å². The summed E-state index contributed by atoms with van der Waals surface area (Å²) in [5.74, 6) is 1.75. The van der Waals surface area contributed by atoms with Gasteiger partial charge in [-0.2, -0.15) is 13.2 Å². The highest BCUT2D eigenvalue weighted by atomic mass is 19.4. The van der Waals surface area contributed by atoms with Crippen LogP contribution in [-0.2, 0) is 41.8 Å². The number of hydrogen-bond acceptors (Lipinski definition) is 6. The van der Waals surface area contributed by atoms with E-state index in [1.807, 2.05) is 27.8 Å². The van der Waals surface area contributed by atoms with E-state index in [0.717, 1.165) is 22.5 Å². The highest BCUT2D eigenvalue weighted by Gasteiger charge is 2.38. The molecule has 0 N–H and O–H groups in total. The van der Waals surface area contributed by atoms with E-state index in [4.69, 9.17) is 14.2 Å². The van der Waals surface area contributed by atoms with E-state index in [9.17, 15) is 18.0 Å². The molecule has 2 aliphatic heterocycles. The molecule has 0 bridgehead atoms. The molecule has 3 heterocycles. The number of hydrogen-bond donors (Lipinski definition) is 0. The standard InChI is InChI=1S/C28H28F3N3O4/c1-36-27(35)12-17-16-37-25-13-18(2-3-19(17)25)38-24-7-5-20-21(24)4-6-23(28(29,30)31)22(20)14-33-10-11-34-9-8-32-26(34)15-33/h2-4,6,8-9,13,17,24H,5,7,10-12,14-16H2,1H3/t17-,24-/m1/s1. The average Bonchev–Trinajstić information content (AvgIpc) is 3.62. The lowest BCUT2D eigenvalue weighted by atomic mass is 9.96. The number of carbonyl (C=O) groups excluding carboxylic acids is 1. The molecule has 38 heavy (non-hydrogen) atoms. The molecular weight excluding hydrogens is 499 g/mol. The van der Waals surface area contributed by atoms with E-state index >= 15 is 0 Å². The van der Waals surface area contributed by atoms with Crippen LogP contribution < -0.4 is 9.47 Å². The van der Waals surface area contributed by atoms with Gasteiger partial charge in [0.1, 0.15) is 23.4 Å². The number of benzene rings is 2. The minimum absolute atomic E-state index is 0.0742. The van der Waals surface area contributed by atoms with Crippen LogP contribution in [0, 0.1) is 0 Å². The maximum Gasteiger partial charge on any atom is 0.416 e. The molecule has 1 aliphatic carbocycles. The molecule has 2 aromatic carbocycles. The molecule has 3 aromatic rings. The van der Waals surface area contributed by atoms with Gasteiger partial charge in [0.25, 0.3) is 0 Å². The second-order valence-electron chi connectivity index (χ2n) is 10.0. The second-order valence-corrected chi connectivity index (χ2v) is 10.0. The van der Waals surface area contributed by atoms with Crippen LogP contribution in [0.3, 0.4) is 0 Å². The van der Waals surface area contributed by atoms with Crippen molar-refractivity contribution in [2.75, 3.05) is 20.3 Å². The predicted molar refractivity (Wildman–Crippen MR) is 131 cm³/mol. The van der Waals surface area contributed by atoms with E-state index in [1.165, 1.54) is 13.2 Å². The number of nitrogens with zero attached hydrogens (tertiary/aromatic N) is 3. The van der Waals surface area contributed by atoms with Gasteiger partial charge in [0.05, 0.1) is 32.2 Å². The predicted octanol–water partition coefficient (Wildman–Crippen LogP) is 5.02. The molecule has 0 spiro atoms. The number of imidazole rings is 1. The smallest absolute Gasteiger partial charge is 0.416 e. The molecule has 1 aromatic heterocycles. The van der Waals surface area contributed by atoms with E-state index in [-0.39, 0.29) is 31.0 Å². The van der Waals surface area contributed by atoms with E-state index in [2.05, 4.69) is 4.98 Å². The van der Waals surface area contributed by atoms with E-state index in [0.29, 0.717) is 56.1 Å². The molecule has 3 aliphatic rings. The van der Waals surface area contributed by atoms with Crippen LogP contribution >= 0.6 is 0 Å². The zero-order valence-electron chi connectivity index (χ0n) is 21.0. The fourth-order valence-corrected chi connectivity index (χ4v) is 5.84. The Hall–Kier alpha value is -3.53. The maximum atomic E-state index is 14.1. The van der Waals surface area contributed by atoms with Crippen molar-refractivity contribution in [2.45, 2.75) is 57.1 Å². The average molecular weight is 528 g/mol. The van der Waals surface area contributed by atoms with Crippen LogP contribution in [0.1, 0.15) is 58.5 Å². The summed E-state index contributed by atoms with van der Waals surface area (Å²) in [6.45, 7) is 2.49. The molecule has 0 saturated carbocycles. The summed E-state index contributed by atoms with van der Waals surface area (Å²) in [7, 11) is 1.36. The minimum Gasteiger partial charge on any atom is -0.492 e. The first kappa shape index (κ1) is 24.8. The highest BCUT2D eigenvalue weighted by Crippen LogP contribution is 2.44. The van der Waals surface area contributed by atoms with Crippen LogP contribution in [0.15, 0.2) is 42.7 Å². The molecule has 6 rings (SSSR count). The van der Waals surface area contributed by atoms with Gasteiger partial charge in [0, 0.05) is 49.6 Å². The summed E-state index contributed by atoms with van der Waals surface area (Å²) in [6.07, 6.45) is 0.196. The van der Waals surface area contributed by atoms with Crippen LogP contribution in [0.5, 0.6) is 11.5 Å². The monoisotopic (exact) mass is 527 g/mol. The summed E-state index contributed by atoms with van der Waals surface area (Å²) >= 11 is 0. The van der Waals surface area contributed by atoms with Gasteiger partial charge in [0.2, 0.25) is 0 Å². The Morgan fingerprint density at radius 1 is 1.18 bits per heavy atom. The van der Waals surface area contributed by atoms with Crippen molar-refractivity contribution in [3.8, 4) is 11.5 Å². The lowest BCUT2D eigenvalue weighted by Crippen LogP contribution is -2.34. The third kappa shape index (κ3) is 4.62. The fraction of sp³-hybridized carbons (Fsp3) is 0.429. The number of carbonyl (C=O) groups is 1. The Morgan fingerprint density at radius 3 is 2.84 bits per heavy atom. The van der Waals surface area contributed by atoms with Crippen LogP contribution in [-0.4, -0.2) is 40.7 Å². The summed E-state index contributed by atoms with van der Waals surface area (Å²) in [5, 5.41) is 0. The first-order valence-corrected chi connectivity index (χ1v) is 12.7. The minimum atomic E-state index is -4.43. The Balaban J connectivity index is 1.24. The molecule has 0 unspecified atom stereocenters. The number of alkyl halides is 3. The maximum absolute atomic E-state index is 14.1. The van der Waals surface area contributed by atoms with Gasteiger partial charge in [0.15, 0.2) is 0 Å². The quantitative estimate of drug-likeness (QED) is 0.420. The summed E-state index contributed by atoms with van der Waals surface area (Å²) in [6, 6.07) is 8.28. The summed E-state index contributed by atoms with van der Waals surface area (Å²) in [4.78, 5) is 18.1. The van der Waals surface area contributed by atoms with Crippen LogP contribution in [0.4, 0.5) is 13.2 Å². The van der Waals surface area contributed by atoms with E-state index < -0.39 is 11.7 Å². The lowest BCUT2D eigenvalue weighted by Gasteiger charge is -2.29. The Bertz CT molecular complexity index is 1370. The van der Waals surface area contributed by atoms with Crippen molar-refractivity contribution in [3.63, 3.8) is 0 Å². The number of methoxy groups -OCH3 is 1. The molecule has 200 valence electrons. The molecule has 2 atom stereocenters. The Morgan fingerprint density at radius 2 is 2.03 bits per heavy atom. The molecular formula is C28H28F3N3O4. The SMILES string of the molecule is COC(=O)C[C@@H]1COc2cc(O[C@@H]3CCc4c3ccc(C(F)(F)F)c4CN3CCn4ccnc4C3)ccc21. The van der Waals surface area contributed by atoms with Crippen molar-refractivity contribution >= 4 is 5.97 Å². The number of fused-ring (bicyclic) bond motifs is 3. The Labute approximate surface area is 218 Å². The first-order chi connectivity index (χ1) is 18.3. The number of rotatable bonds is 6. The summed E-state index contributed by atoms with van der Waals surface area (Å²) < 4.78 is 61.1. The topological polar surface area (TPSA) is 65.8 Å². The van der Waals surface area contributed by atoms with Gasteiger partial charge < -0.3 is 18.8 Å². The number of ether oxygens (including phenoxy) is 3. The number of halogens is 3. The molecule has 10 heteroatoms. The third-order valence-corrected chi connectivity index (χ3v) is 7.77. The zero-order chi connectivity index (χ0) is 26.4. The van der Waals surface area contributed by atoms with Gasteiger partial charge in [-0.25, -0.2) is 4.98 Å². The van der Waals surface area contributed by atoms with Crippen LogP contribution in [0.2, 0.25) is 0 Å². The molecule has 0 amide bonds. The van der Waals surface area contributed by atoms with Gasteiger partial charge in [-0.05, 0) is 41.7 Å². The van der Waals surface area contributed by atoms with Gasteiger partial charge in [-0.1, -0.05) is 12.1 Å². The zero-order valence-corrected chi connectivity index (χ0v) is 21.0. The van der Waals surface area contributed by atoms with Crippen molar-refractivity contribution < 1.29 is 32.2 Å². The molecule has 7 nitrogen and oxygen atoms in total. The van der Waals surface area contributed by atoms with Crippen molar-refractivity contribution in [3.05, 3.63) is 76.4 Å². The molecule has 0 saturated heterocycles. The molecule has 0 radical (unpaired) electrons. The number of aromatic nitrogens is 2. The van der Waals surface area contributed by atoms with Crippen LogP contribution in [0.25, 0.3) is 0 Å². The van der Waals surface area contributed by atoms with Crippen molar-refractivity contribution in [1.82, 2.24) is 14.5 Å². The largest absolute Gasteiger partial charge is 0.492 e. The first-order valence-electron chi connectivity index (χ1n) is 12.7. The highest BCUT2D eigenvalue weighted by molar-refractivity contribution is 5.71. The van der Waals surface area contributed by atoms with Crippen molar-refractivity contribution in [2.24, 2.45) is 0 Å². The third-order valence-electron chi connectivity index (χ3n) is 7.77. The Kier molecular flexibility index (Phi) is 6.29. The molecule has 0 fully saturated rings. The number of esters is 1. The van der Waals surface area contributed by atoms with Gasteiger partial charge >= 0.3 is 12.1 Å².